The number of imidazole rings is 2. The quantitative estimate of drug-likeness (QED) is 0.319. The fourth-order valence-corrected chi connectivity index (χ4v) is 4.40. The normalized spacial score (nSPS) is 11.5. The number of hydrogen-bond acceptors (Lipinski definition) is 9. The van der Waals surface area contributed by atoms with E-state index in [1.807, 2.05) is 27.7 Å². The van der Waals surface area contributed by atoms with Crippen LogP contribution in [0.4, 0.5) is 5.69 Å². The minimum Gasteiger partial charge on any atom is -0.268 e. The molecule has 0 atom stereocenters. The van der Waals surface area contributed by atoms with Crippen LogP contribution in [0.25, 0.3) is 38.8 Å². The molecule has 0 amide bonds. The molecule has 0 radical (unpaired) electrons. The maximum atomic E-state index is 9.85. The van der Waals surface area contributed by atoms with Crippen LogP contribution in [0.5, 0.6) is 0 Å². The predicted molar refractivity (Wildman–Crippen MR) is 141 cm³/mol. The van der Waals surface area contributed by atoms with Crippen molar-refractivity contribution in [2.24, 2.45) is 0 Å². The zero-order chi connectivity index (χ0) is 27.3. The number of pyridine rings is 2. The van der Waals surface area contributed by atoms with Crippen LogP contribution in [0.15, 0.2) is 49.6 Å². The molecule has 0 saturated heterocycles. The van der Waals surface area contributed by atoms with Crippen molar-refractivity contribution < 1.29 is 0 Å². The molecule has 6 aromatic heterocycles. The molecule has 188 valence electrons. The molecule has 0 spiro atoms. The van der Waals surface area contributed by atoms with Crippen molar-refractivity contribution in [3.05, 3.63) is 89.3 Å². The molecular formula is C27H20N12. The summed E-state index contributed by atoms with van der Waals surface area (Å²) in [4.78, 5) is 39.6. The van der Waals surface area contributed by atoms with Gasteiger partial charge in [0.25, 0.3) is 0 Å². The number of aryl methyl sites for hydroxylation is 2. The first-order chi connectivity index (χ1) is 18.8. The van der Waals surface area contributed by atoms with E-state index in [0.717, 1.165) is 11.4 Å². The second-order valence-corrected chi connectivity index (χ2v) is 9.51. The van der Waals surface area contributed by atoms with E-state index in [0.29, 0.717) is 56.6 Å². The molecule has 39 heavy (non-hydrogen) atoms. The lowest BCUT2D eigenvalue weighted by Crippen LogP contribution is -2.24. The zero-order valence-electron chi connectivity index (χ0n) is 21.5. The molecule has 0 fully saturated rings. The van der Waals surface area contributed by atoms with Crippen molar-refractivity contribution in [3.8, 4) is 17.7 Å². The lowest BCUT2D eigenvalue weighted by Gasteiger charge is -2.25. The molecule has 12 nitrogen and oxygen atoms in total. The van der Waals surface area contributed by atoms with Gasteiger partial charge in [0.15, 0.2) is 17.0 Å². The van der Waals surface area contributed by atoms with E-state index in [4.69, 9.17) is 16.5 Å². The van der Waals surface area contributed by atoms with Crippen molar-refractivity contribution in [1.82, 2.24) is 49.0 Å². The molecule has 0 saturated carbocycles. The Kier molecular flexibility index (Phi) is 5.33. The molecule has 0 N–H and O–H groups in total. The first-order valence-electron chi connectivity index (χ1n) is 11.9. The Bertz CT molecular complexity index is 1860. The van der Waals surface area contributed by atoms with Gasteiger partial charge in [-0.3, -0.25) is 9.13 Å². The molecule has 0 aromatic carbocycles. The van der Waals surface area contributed by atoms with Crippen LogP contribution in [0, 0.1) is 31.8 Å². The molecule has 0 aliphatic carbocycles. The highest BCUT2D eigenvalue weighted by molar-refractivity contribution is 5.75. The zero-order valence-corrected chi connectivity index (χ0v) is 21.5. The molecule has 0 bridgehead atoms. The summed E-state index contributed by atoms with van der Waals surface area (Å²) in [5, 5.41) is 9.85. The number of rotatable bonds is 4. The van der Waals surface area contributed by atoms with Gasteiger partial charge in [-0.05, 0) is 52.0 Å². The smallest absolute Gasteiger partial charge is 0.192 e. The average molecular weight is 513 g/mol. The number of hydrogen-bond donors (Lipinski definition) is 0. The van der Waals surface area contributed by atoms with Gasteiger partial charge in [0.2, 0.25) is 0 Å². The second-order valence-electron chi connectivity index (χ2n) is 9.51. The van der Waals surface area contributed by atoms with E-state index in [9.17, 15) is 5.26 Å². The Balaban J connectivity index is 1.52. The van der Waals surface area contributed by atoms with Crippen molar-refractivity contribution >= 4 is 28.0 Å². The highest BCUT2D eigenvalue weighted by Gasteiger charge is 2.29. The maximum absolute atomic E-state index is 9.85. The molecule has 6 heterocycles. The van der Waals surface area contributed by atoms with E-state index in [1.54, 1.807) is 46.1 Å². The van der Waals surface area contributed by atoms with E-state index >= 15 is 0 Å². The summed E-state index contributed by atoms with van der Waals surface area (Å²) in [5.74, 6) is 0.990. The summed E-state index contributed by atoms with van der Waals surface area (Å²) in [6.45, 7) is 15.4. The Morgan fingerprint density at radius 2 is 1.31 bits per heavy atom. The lowest BCUT2D eigenvalue weighted by atomic mass is 9.84. The summed E-state index contributed by atoms with van der Waals surface area (Å²) < 4.78 is 3.47. The fourth-order valence-electron chi connectivity index (χ4n) is 4.40. The monoisotopic (exact) mass is 512 g/mol. The van der Waals surface area contributed by atoms with E-state index < -0.39 is 5.41 Å². The third-order valence-corrected chi connectivity index (χ3v) is 6.67. The van der Waals surface area contributed by atoms with Crippen molar-refractivity contribution in [2.75, 3.05) is 0 Å². The SMILES string of the molecule is [C-]#[N+]c1cc(-n2cnc3c(C)ncnc32)nc(C(C)(C)c2cc(C#N)cc(-n3cnc4c(C)ncnc43)n2)c1. The van der Waals surface area contributed by atoms with E-state index in [2.05, 4.69) is 40.8 Å². The van der Waals surface area contributed by atoms with Gasteiger partial charge >= 0.3 is 0 Å². The number of nitrogens with zero attached hydrogens (tertiary/aromatic N) is 12. The number of nitriles is 1. The highest BCUT2D eigenvalue weighted by atomic mass is 15.2. The summed E-state index contributed by atoms with van der Waals surface area (Å²) in [6.07, 6.45) is 6.20. The van der Waals surface area contributed by atoms with Crippen LogP contribution < -0.4 is 0 Å². The van der Waals surface area contributed by atoms with Gasteiger partial charge in [0.05, 0.1) is 35.3 Å². The predicted octanol–water partition coefficient (Wildman–Crippen LogP) is 4.10. The Labute approximate surface area is 222 Å². The largest absolute Gasteiger partial charge is 0.268 e. The molecule has 6 aromatic rings. The lowest BCUT2D eigenvalue weighted by molar-refractivity contribution is 0.592. The standard InChI is InChI=1S/C27H20N12/c1-15-23-25(32-11-30-15)38(13-34-23)21-7-17(10-28)6-19(36-21)27(3,4)20-8-18(29-5)9-22(37-20)39-14-35-24-16(2)31-12-33-26(24)39/h6-9,11-14H,1-4H3. The molecule has 0 unspecified atom stereocenters. The minimum atomic E-state index is -0.792. The maximum Gasteiger partial charge on any atom is 0.192 e. The fraction of sp³-hybridized carbons (Fsp3) is 0.185. The summed E-state index contributed by atoms with van der Waals surface area (Å²) in [5.41, 5.74) is 5.22. The van der Waals surface area contributed by atoms with Crippen molar-refractivity contribution in [1.29, 1.82) is 5.26 Å². The first-order valence-corrected chi connectivity index (χ1v) is 11.9. The van der Waals surface area contributed by atoms with Gasteiger partial charge in [-0.1, -0.05) is 0 Å². The highest BCUT2D eigenvalue weighted by Crippen LogP contribution is 2.34. The van der Waals surface area contributed by atoms with Gasteiger partial charge in [0, 0.05) is 11.1 Å². The van der Waals surface area contributed by atoms with Crippen LogP contribution in [-0.2, 0) is 5.41 Å². The Morgan fingerprint density at radius 3 is 1.85 bits per heavy atom. The molecule has 0 aliphatic heterocycles. The number of aromatic nitrogens is 10. The minimum absolute atomic E-state index is 0.403. The van der Waals surface area contributed by atoms with Crippen LogP contribution in [0.3, 0.4) is 0 Å². The van der Waals surface area contributed by atoms with Crippen LogP contribution in [-0.4, -0.2) is 49.0 Å². The van der Waals surface area contributed by atoms with Crippen LogP contribution >= 0.6 is 0 Å². The third-order valence-electron chi connectivity index (χ3n) is 6.67. The average Bonchev–Trinajstić information content (AvgIpc) is 3.59. The van der Waals surface area contributed by atoms with Gasteiger partial charge in [0.1, 0.15) is 48.0 Å². The first kappa shape index (κ1) is 23.8. The van der Waals surface area contributed by atoms with Crippen molar-refractivity contribution in [2.45, 2.75) is 33.1 Å². The van der Waals surface area contributed by atoms with E-state index in [1.165, 1.54) is 12.7 Å². The van der Waals surface area contributed by atoms with Crippen molar-refractivity contribution in [3.63, 3.8) is 0 Å². The summed E-state index contributed by atoms with van der Waals surface area (Å²) in [6, 6.07) is 9.08. The van der Waals surface area contributed by atoms with Gasteiger partial charge in [-0.2, -0.15) is 5.26 Å². The second kappa shape index (κ2) is 8.75. The summed E-state index contributed by atoms with van der Waals surface area (Å²) >= 11 is 0. The van der Waals surface area contributed by atoms with Gasteiger partial charge in [-0.15, -0.1) is 0 Å². The number of fused-ring (bicyclic) bond motifs is 2. The third kappa shape index (κ3) is 3.83. The Hall–Kier alpha value is -5.62. The van der Waals surface area contributed by atoms with Gasteiger partial charge < -0.3 is 0 Å². The van der Waals surface area contributed by atoms with Gasteiger partial charge in [-0.25, -0.2) is 44.7 Å². The molecule has 12 heteroatoms. The van der Waals surface area contributed by atoms with Crippen LogP contribution in [0.2, 0.25) is 0 Å². The molecular weight excluding hydrogens is 492 g/mol. The van der Waals surface area contributed by atoms with Crippen LogP contribution in [0.1, 0.15) is 42.2 Å². The summed E-state index contributed by atoms with van der Waals surface area (Å²) in [7, 11) is 0. The molecule has 6 rings (SSSR count). The van der Waals surface area contributed by atoms with E-state index in [-0.39, 0.29) is 0 Å². The topological polar surface area (TPSA) is 141 Å². The molecule has 0 aliphatic rings. The Morgan fingerprint density at radius 1 is 0.769 bits per heavy atom.